The van der Waals surface area contributed by atoms with Crippen LogP contribution in [0.5, 0.6) is 5.75 Å². The molecule has 2 aromatic rings. The van der Waals surface area contributed by atoms with Crippen molar-refractivity contribution in [1.82, 2.24) is 0 Å². The molecule has 0 amide bonds. The minimum Gasteiger partial charge on any atom is -0.494 e. The average molecular weight is 384 g/mol. The van der Waals surface area contributed by atoms with Crippen LogP contribution in [-0.4, -0.2) is 30.2 Å². The third kappa shape index (κ3) is 5.10. The Hall–Kier alpha value is -2.26. The zero-order chi connectivity index (χ0) is 18.7. The van der Waals surface area contributed by atoms with Crippen molar-refractivity contribution in [3.05, 3.63) is 48.0 Å². The van der Waals surface area contributed by atoms with Crippen LogP contribution in [0, 0.1) is 0 Å². The van der Waals surface area contributed by atoms with Crippen molar-refractivity contribution in [3.8, 4) is 5.75 Å². The average Bonchev–Trinajstić information content (AvgIpc) is 2.54. The molecule has 0 saturated heterocycles. The van der Waals surface area contributed by atoms with Crippen LogP contribution in [0.3, 0.4) is 0 Å². The first-order valence-electron chi connectivity index (χ1n) is 7.42. The Balaban J connectivity index is 2.29. The zero-order valence-corrected chi connectivity index (χ0v) is 15.7. The fraction of sp³-hybridized carbons (Fsp3) is 0.250. The molecule has 0 aromatic heterocycles. The first-order chi connectivity index (χ1) is 11.6. The van der Waals surface area contributed by atoms with Crippen molar-refractivity contribution in [2.45, 2.75) is 18.2 Å². The van der Waals surface area contributed by atoms with Gasteiger partial charge in [0.2, 0.25) is 10.0 Å². The summed E-state index contributed by atoms with van der Waals surface area (Å²) in [6, 6.07) is 10.9. The maximum atomic E-state index is 12.5. The van der Waals surface area contributed by atoms with Gasteiger partial charge in [0.05, 0.1) is 29.6 Å². The molecule has 2 rings (SSSR count). The van der Waals surface area contributed by atoms with E-state index >= 15 is 0 Å². The van der Waals surface area contributed by atoms with Crippen LogP contribution in [0.1, 0.15) is 12.5 Å². The van der Waals surface area contributed by atoms with E-state index in [2.05, 4.69) is 9.44 Å². The minimum absolute atomic E-state index is 0.141. The van der Waals surface area contributed by atoms with E-state index in [1.165, 1.54) is 37.4 Å². The second-order valence-electron chi connectivity index (χ2n) is 5.39. The Morgan fingerprint density at radius 3 is 2.12 bits per heavy atom. The normalized spacial score (nSPS) is 11.8. The van der Waals surface area contributed by atoms with Gasteiger partial charge in [0.15, 0.2) is 0 Å². The van der Waals surface area contributed by atoms with Crippen molar-refractivity contribution in [3.63, 3.8) is 0 Å². The molecule has 9 heteroatoms. The first-order valence-corrected chi connectivity index (χ1v) is 10.8. The number of nitrogens with one attached hydrogen (secondary N) is 2. The van der Waals surface area contributed by atoms with Crippen molar-refractivity contribution in [2.75, 3.05) is 22.8 Å². The molecule has 0 fully saturated rings. The molecule has 7 nitrogen and oxygen atoms in total. The van der Waals surface area contributed by atoms with Crippen LogP contribution in [0.4, 0.5) is 11.4 Å². The largest absolute Gasteiger partial charge is 0.494 e. The molecule has 0 bridgehead atoms. The van der Waals surface area contributed by atoms with Crippen molar-refractivity contribution in [2.24, 2.45) is 0 Å². The van der Waals surface area contributed by atoms with E-state index in [0.717, 1.165) is 18.2 Å². The number of sulfonamides is 2. The molecule has 0 atom stereocenters. The summed E-state index contributed by atoms with van der Waals surface area (Å²) in [6.07, 6.45) is 1.84. The lowest BCUT2D eigenvalue weighted by molar-refractivity contribution is 0.417. The van der Waals surface area contributed by atoms with Gasteiger partial charge in [0, 0.05) is 6.07 Å². The number of ether oxygens (including phenoxy) is 1. The van der Waals surface area contributed by atoms with Crippen LogP contribution >= 0.6 is 0 Å². The topological polar surface area (TPSA) is 102 Å². The van der Waals surface area contributed by atoms with Crippen LogP contribution in [0.2, 0.25) is 0 Å². The van der Waals surface area contributed by atoms with E-state index < -0.39 is 20.0 Å². The first kappa shape index (κ1) is 19.1. The van der Waals surface area contributed by atoms with Crippen LogP contribution in [-0.2, 0) is 26.5 Å². The summed E-state index contributed by atoms with van der Waals surface area (Å²) in [5, 5.41) is 0. The molecule has 136 valence electrons. The highest BCUT2D eigenvalue weighted by Crippen LogP contribution is 2.29. The molecule has 0 aliphatic carbocycles. The summed E-state index contributed by atoms with van der Waals surface area (Å²) >= 11 is 0. The highest BCUT2D eigenvalue weighted by molar-refractivity contribution is 7.92. The summed E-state index contributed by atoms with van der Waals surface area (Å²) in [7, 11) is -5.87. The van der Waals surface area contributed by atoms with Gasteiger partial charge in [-0.15, -0.1) is 0 Å². The second-order valence-corrected chi connectivity index (χ2v) is 8.82. The number of aryl methyl sites for hydroxylation is 1. The molecule has 0 heterocycles. The number of benzene rings is 2. The van der Waals surface area contributed by atoms with E-state index in [-0.39, 0.29) is 22.0 Å². The Kier molecular flexibility index (Phi) is 5.58. The number of hydrogen-bond donors (Lipinski definition) is 2. The molecule has 0 saturated carbocycles. The third-order valence-electron chi connectivity index (χ3n) is 3.39. The molecule has 25 heavy (non-hydrogen) atoms. The van der Waals surface area contributed by atoms with Gasteiger partial charge >= 0.3 is 0 Å². The molecule has 0 radical (unpaired) electrons. The fourth-order valence-corrected chi connectivity index (χ4v) is 3.77. The zero-order valence-electron chi connectivity index (χ0n) is 14.1. The van der Waals surface area contributed by atoms with E-state index in [0.29, 0.717) is 0 Å². The Morgan fingerprint density at radius 1 is 0.960 bits per heavy atom. The van der Waals surface area contributed by atoms with Gasteiger partial charge in [-0.25, -0.2) is 16.8 Å². The second kappa shape index (κ2) is 7.32. The van der Waals surface area contributed by atoms with E-state index in [1.807, 2.05) is 6.92 Å². The summed E-state index contributed by atoms with van der Waals surface area (Å²) < 4.78 is 57.5. The standard InChI is InChI=1S/C16H20N2O5S2/c1-4-12-5-8-14(9-6-12)25(21,22)17-13-7-10-15(16(11-13)23-2)18-24(3,19)20/h5-11,17-18H,4H2,1-3H3. The van der Waals surface area contributed by atoms with Gasteiger partial charge < -0.3 is 4.74 Å². The third-order valence-corrected chi connectivity index (χ3v) is 5.38. The lowest BCUT2D eigenvalue weighted by Gasteiger charge is -2.13. The van der Waals surface area contributed by atoms with Gasteiger partial charge in [0.1, 0.15) is 5.75 Å². The summed E-state index contributed by atoms with van der Waals surface area (Å²) in [5.74, 6) is 0.201. The lowest BCUT2D eigenvalue weighted by atomic mass is 10.2. The predicted molar refractivity (Wildman–Crippen MR) is 98.1 cm³/mol. The molecule has 2 N–H and O–H groups in total. The number of methoxy groups -OCH3 is 1. The molecule has 0 aliphatic rings. The maximum Gasteiger partial charge on any atom is 0.261 e. The monoisotopic (exact) mass is 384 g/mol. The molecule has 0 unspecified atom stereocenters. The van der Waals surface area contributed by atoms with Crippen molar-refractivity contribution < 1.29 is 21.6 Å². The predicted octanol–water partition coefficient (Wildman–Crippen LogP) is 2.43. The highest BCUT2D eigenvalue weighted by Gasteiger charge is 2.16. The molecular formula is C16H20N2O5S2. The summed E-state index contributed by atoms with van der Waals surface area (Å²) in [6.45, 7) is 1.99. The SMILES string of the molecule is CCc1ccc(S(=O)(=O)Nc2ccc(NS(C)(=O)=O)c(OC)c2)cc1. The number of anilines is 2. The van der Waals surface area contributed by atoms with Crippen LogP contribution in [0.15, 0.2) is 47.4 Å². The quantitative estimate of drug-likeness (QED) is 0.763. The highest BCUT2D eigenvalue weighted by atomic mass is 32.2. The summed E-state index contributed by atoms with van der Waals surface area (Å²) in [4.78, 5) is 0.141. The van der Waals surface area contributed by atoms with E-state index in [1.54, 1.807) is 12.1 Å². The Bertz CT molecular complexity index is 953. The van der Waals surface area contributed by atoms with Crippen molar-refractivity contribution >= 4 is 31.4 Å². The molecule has 0 spiro atoms. The van der Waals surface area contributed by atoms with Crippen LogP contribution < -0.4 is 14.2 Å². The maximum absolute atomic E-state index is 12.5. The van der Waals surface area contributed by atoms with Gasteiger partial charge in [-0.2, -0.15) is 0 Å². The molecular weight excluding hydrogens is 364 g/mol. The number of hydrogen-bond acceptors (Lipinski definition) is 5. The van der Waals surface area contributed by atoms with Gasteiger partial charge in [-0.1, -0.05) is 19.1 Å². The fourth-order valence-electron chi connectivity index (χ4n) is 2.16. The summed E-state index contributed by atoms with van der Waals surface area (Å²) in [5.41, 5.74) is 1.52. The smallest absolute Gasteiger partial charge is 0.261 e. The van der Waals surface area contributed by atoms with E-state index in [9.17, 15) is 16.8 Å². The minimum atomic E-state index is -3.76. The lowest BCUT2D eigenvalue weighted by Crippen LogP contribution is -2.14. The van der Waals surface area contributed by atoms with Crippen molar-refractivity contribution in [1.29, 1.82) is 0 Å². The van der Waals surface area contributed by atoms with E-state index in [4.69, 9.17) is 4.74 Å². The molecule has 0 aliphatic heterocycles. The number of rotatable bonds is 7. The van der Waals surface area contributed by atoms with Gasteiger partial charge in [-0.05, 0) is 36.2 Å². The Morgan fingerprint density at radius 2 is 1.60 bits per heavy atom. The van der Waals surface area contributed by atoms with Gasteiger partial charge in [-0.3, -0.25) is 9.44 Å². The van der Waals surface area contributed by atoms with Gasteiger partial charge in [0.25, 0.3) is 10.0 Å². The molecule has 2 aromatic carbocycles. The van der Waals surface area contributed by atoms with Crippen LogP contribution in [0.25, 0.3) is 0 Å². The Labute approximate surface area is 148 Å².